The maximum absolute atomic E-state index is 11.8. The lowest BCUT2D eigenvalue weighted by atomic mass is 10.2. The third-order valence-corrected chi connectivity index (χ3v) is 2.38. The summed E-state index contributed by atoms with van der Waals surface area (Å²) in [4.78, 5) is 24.9. The lowest BCUT2D eigenvalue weighted by molar-refractivity contribution is -0.124. The first-order valence-corrected chi connectivity index (χ1v) is 5.86. The van der Waals surface area contributed by atoms with Crippen molar-refractivity contribution in [2.45, 2.75) is 0 Å². The van der Waals surface area contributed by atoms with E-state index in [-0.39, 0.29) is 12.5 Å². The summed E-state index contributed by atoms with van der Waals surface area (Å²) in [5.41, 5.74) is 1.31. The number of esters is 1. The van der Waals surface area contributed by atoms with Crippen LogP contribution in [0.3, 0.4) is 0 Å². The number of ether oxygens (including phenoxy) is 1. The number of hydrogen-bond acceptors (Lipinski definition) is 4. The molecule has 0 bridgehead atoms. The van der Waals surface area contributed by atoms with Crippen molar-refractivity contribution in [3.05, 3.63) is 42.5 Å². The van der Waals surface area contributed by atoms with Gasteiger partial charge in [0.15, 0.2) is 6.61 Å². The van der Waals surface area contributed by atoms with Crippen LogP contribution in [-0.4, -0.2) is 39.1 Å². The van der Waals surface area contributed by atoms with E-state index in [1.54, 1.807) is 24.3 Å². The Balaban J connectivity index is 2.56. The van der Waals surface area contributed by atoms with Gasteiger partial charge in [0.1, 0.15) is 0 Å². The molecular weight excluding hydrogens is 244 g/mol. The third-order valence-electron chi connectivity index (χ3n) is 2.38. The predicted molar refractivity (Wildman–Crippen MR) is 74.3 cm³/mol. The zero-order valence-corrected chi connectivity index (χ0v) is 11.2. The van der Waals surface area contributed by atoms with Crippen LogP contribution in [0.15, 0.2) is 36.9 Å². The predicted octanol–water partition coefficient (Wildman–Crippen LogP) is 1.21. The van der Waals surface area contributed by atoms with Gasteiger partial charge in [-0.05, 0) is 18.2 Å². The molecule has 0 spiro atoms. The van der Waals surface area contributed by atoms with Crippen LogP contribution in [0.4, 0.5) is 5.69 Å². The van der Waals surface area contributed by atoms with Gasteiger partial charge in [-0.1, -0.05) is 12.1 Å². The summed E-state index contributed by atoms with van der Waals surface area (Å²) in [7, 11) is 3.76. The first kappa shape index (κ1) is 14.8. The van der Waals surface area contributed by atoms with E-state index in [1.807, 2.05) is 25.1 Å². The molecule has 5 nitrogen and oxygen atoms in total. The standard InChI is InChI=1S/C14H18N2O3/c1-4-8-15-13(17)10-19-14(18)11-6-5-7-12(9-11)16(2)3/h4-7,9H,1,8,10H2,2-3H3,(H,15,17). The van der Waals surface area contributed by atoms with E-state index in [1.165, 1.54) is 0 Å². The number of carbonyl (C=O) groups is 2. The first-order valence-electron chi connectivity index (χ1n) is 5.86. The van der Waals surface area contributed by atoms with Crippen LogP contribution in [0, 0.1) is 0 Å². The molecule has 0 unspecified atom stereocenters. The summed E-state index contributed by atoms with van der Waals surface area (Å²) in [6.07, 6.45) is 1.56. The average Bonchev–Trinajstić information content (AvgIpc) is 2.42. The number of benzene rings is 1. The topological polar surface area (TPSA) is 58.6 Å². The Labute approximate surface area is 112 Å². The van der Waals surface area contributed by atoms with Crippen LogP contribution in [0.2, 0.25) is 0 Å². The molecule has 102 valence electrons. The van der Waals surface area contributed by atoms with E-state index in [9.17, 15) is 9.59 Å². The Bertz CT molecular complexity index is 470. The molecule has 1 N–H and O–H groups in total. The Kier molecular flexibility index (Phi) is 5.60. The highest BCUT2D eigenvalue weighted by Crippen LogP contribution is 2.14. The van der Waals surface area contributed by atoms with Gasteiger partial charge < -0.3 is 15.0 Å². The monoisotopic (exact) mass is 262 g/mol. The molecule has 0 saturated heterocycles. The number of nitrogens with one attached hydrogen (secondary N) is 1. The Morgan fingerprint density at radius 3 is 2.79 bits per heavy atom. The Morgan fingerprint density at radius 2 is 2.16 bits per heavy atom. The SMILES string of the molecule is C=CCNC(=O)COC(=O)c1cccc(N(C)C)c1. The fourth-order valence-corrected chi connectivity index (χ4v) is 1.36. The largest absolute Gasteiger partial charge is 0.452 e. The van der Waals surface area contributed by atoms with Gasteiger partial charge in [0.25, 0.3) is 5.91 Å². The highest BCUT2D eigenvalue weighted by Gasteiger charge is 2.10. The maximum Gasteiger partial charge on any atom is 0.338 e. The number of hydrogen-bond donors (Lipinski definition) is 1. The van der Waals surface area contributed by atoms with Crippen molar-refractivity contribution in [2.75, 3.05) is 32.1 Å². The second-order valence-electron chi connectivity index (χ2n) is 4.11. The Hall–Kier alpha value is -2.30. The van der Waals surface area contributed by atoms with Gasteiger partial charge >= 0.3 is 5.97 Å². The van der Waals surface area contributed by atoms with Gasteiger partial charge in [0.05, 0.1) is 5.56 Å². The molecular formula is C14H18N2O3. The molecule has 1 aromatic carbocycles. The van der Waals surface area contributed by atoms with Crippen molar-refractivity contribution < 1.29 is 14.3 Å². The van der Waals surface area contributed by atoms with Gasteiger partial charge in [-0.3, -0.25) is 4.79 Å². The molecule has 1 rings (SSSR count). The van der Waals surface area contributed by atoms with Crippen LogP contribution in [-0.2, 0) is 9.53 Å². The second-order valence-corrected chi connectivity index (χ2v) is 4.11. The molecule has 0 aliphatic carbocycles. The first-order chi connectivity index (χ1) is 9.04. The van der Waals surface area contributed by atoms with E-state index in [4.69, 9.17) is 4.74 Å². The summed E-state index contributed by atoms with van der Waals surface area (Å²) in [6, 6.07) is 7.01. The van der Waals surface area contributed by atoms with Crippen molar-refractivity contribution in [1.82, 2.24) is 5.32 Å². The summed E-state index contributed by atoms with van der Waals surface area (Å²) >= 11 is 0. The van der Waals surface area contributed by atoms with Crippen molar-refractivity contribution >= 4 is 17.6 Å². The summed E-state index contributed by atoms with van der Waals surface area (Å²) in [6.45, 7) is 3.54. The Morgan fingerprint density at radius 1 is 1.42 bits per heavy atom. The minimum Gasteiger partial charge on any atom is -0.452 e. The van der Waals surface area contributed by atoms with Crippen LogP contribution < -0.4 is 10.2 Å². The zero-order valence-electron chi connectivity index (χ0n) is 11.2. The number of nitrogens with zero attached hydrogens (tertiary/aromatic N) is 1. The average molecular weight is 262 g/mol. The minimum atomic E-state index is -0.516. The second kappa shape index (κ2) is 7.20. The van der Waals surface area contributed by atoms with Gasteiger partial charge in [-0.15, -0.1) is 6.58 Å². The van der Waals surface area contributed by atoms with E-state index < -0.39 is 5.97 Å². The van der Waals surface area contributed by atoms with Gasteiger partial charge in [0, 0.05) is 26.3 Å². The molecule has 5 heteroatoms. The smallest absolute Gasteiger partial charge is 0.338 e. The van der Waals surface area contributed by atoms with Crippen LogP contribution in [0.25, 0.3) is 0 Å². The summed E-state index contributed by atoms with van der Waals surface area (Å²) in [5, 5.41) is 2.53. The molecule has 0 aliphatic rings. The number of anilines is 1. The van der Waals surface area contributed by atoms with Crippen LogP contribution in [0.5, 0.6) is 0 Å². The highest BCUT2D eigenvalue weighted by atomic mass is 16.5. The lowest BCUT2D eigenvalue weighted by Gasteiger charge is -2.13. The van der Waals surface area contributed by atoms with Gasteiger partial charge in [0.2, 0.25) is 0 Å². The van der Waals surface area contributed by atoms with Crippen molar-refractivity contribution in [3.8, 4) is 0 Å². The minimum absolute atomic E-state index is 0.293. The molecule has 0 fully saturated rings. The maximum atomic E-state index is 11.8. The van der Waals surface area contributed by atoms with Gasteiger partial charge in [-0.2, -0.15) is 0 Å². The third kappa shape index (κ3) is 4.83. The van der Waals surface area contributed by atoms with Crippen molar-refractivity contribution in [2.24, 2.45) is 0 Å². The normalized spacial score (nSPS) is 9.58. The fraction of sp³-hybridized carbons (Fsp3) is 0.286. The molecule has 0 radical (unpaired) electrons. The van der Waals surface area contributed by atoms with Crippen LogP contribution >= 0.6 is 0 Å². The van der Waals surface area contributed by atoms with E-state index in [0.29, 0.717) is 12.1 Å². The van der Waals surface area contributed by atoms with E-state index in [2.05, 4.69) is 11.9 Å². The van der Waals surface area contributed by atoms with Crippen molar-refractivity contribution in [3.63, 3.8) is 0 Å². The molecule has 0 aromatic heterocycles. The molecule has 0 saturated carbocycles. The van der Waals surface area contributed by atoms with Gasteiger partial charge in [-0.25, -0.2) is 4.79 Å². The van der Waals surface area contributed by atoms with Crippen LogP contribution in [0.1, 0.15) is 10.4 Å². The molecule has 19 heavy (non-hydrogen) atoms. The van der Waals surface area contributed by atoms with E-state index >= 15 is 0 Å². The lowest BCUT2D eigenvalue weighted by Crippen LogP contribution is -2.28. The molecule has 0 aliphatic heterocycles. The zero-order chi connectivity index (χ0) is 14.3. The molecule has 0 heterocycles. The fourth-order valence-electron chi connectivity index (χ4n) is 1.36. The summed E-state index contributed by atoms with van der Waals surface area (Å²) in [5.74, 6) is -0.866. The van der Waals surface area contributed by atoms with Crippen molar-refractivity contribution in [1.29, 1.82) is 0 Å². The molecule has 1 amide bonds. The molecule has 1 aromatic rings. The highest BCUT2D eigenvalue weighted by molar-refractivity contribution is 5.92. The quantitative estimate of drug-likeness (QED) is 0.618. The van der Waals surface area contributed by atoms with E-state index in [0.717, 1.165) is 5.69 Å². The molecule has 0 atom stereocenters. The number of amides is 1. The summed E-state index contributed by atoms with van der Waals surface area (Å²) < 4.78 is 4.92. The number of rotatable bonds is 6. The number of carbonyl (C=O) groups excluding carboxylic acids is 2.